The Balaban J connectivity index is 0.000000198. The molecule has 2 amide bonds. The number of hydrogen-bond donors (Lipinski definition) is 0. The first-order valence-electron chi connectivity index (χ1n) is 14.4. The maximum atomic E-state index is 12.7. The second-order valence-corrected chi connectivity index (χ2v) is 13.2. The molecular formula is C33H21Cl6N5O7. The van der Waals surface area contributed by atoms with E-state index < -0.39 is 28.9 Å². The van der Waals surface area contributed by atoms with E-state index in [0.717, 1.165) is 15.6 Å². The van der Waals surface area contributed by atoms with Gasteiger partial charge in [-0.3, -0.25) is 24.5 Å². The van der Waals surface area contributed by atoms with E-state index in [1.54, 1.807) is 19.1 Å². The van der Waals surface area contributed by atoms with Gasteiger partial charge in [-0.15, -0.1) is 0 Å². The summed E-state index contributed by atoms with van der Waals surface area (Å²) in [7, 11) is 0. The first-order chi connectivity index (χ1) is 24.2. The fraction of sp³-hybridized carbons (Fsp3) is 0.121. The zero-order chi connectivity index (χ0) is 37.1. The predicted molar refractivity (Wildman–Crippen MR) is 198 cm³/mol. The van der Waals surface area contributed by atoms with Crippen molar-refractivity contribution in [2.24, 2.45) is 10.2 Å². The molecule has 4 aromatic rings. The van der Waals surface area contributed by atoms with Gasteiger partial charge in [0, 0.05) is 22.2 Å². The first kappa shape index (κ1) is 37.8. The van der Waals surface area contributed by atoms with Crippen LogP contribution in [-0.4, -0.2) is 46.7 Å². The molecule has 0 N–H and O–H groups in total. The smallest absolute Gasteiger partial charge is 0.295 e. The minimum Gasteiger partial charge on any atom is -0.474 e. The van der Waals surface area contributed by atoms with Crippen LogP contribution in [0.15, 0.2) is 83.0 Å². The fourth-order valence-electron chi connectivity index (χ4n) is 4.67. The van der Waals surface area contributed by atoms with E-state index in [4.69, 9.17) is 79.1 Å². The van der Waals surface area contributed by atoms with E-state index >= 15 is 0 Å². The van der Waals surface area contributed by atoms with Crippen molar-refractivity contribution < 1.29 is 28.8 Å². The highest BCUT2D eigenvalue weighted by molar-refractivity contribution is 6.45. The summed E-state index contributed by atoms with van der Waals surface area (Å²) >= 11 is 36.3. The quantitative estimate of drug-likeness (QED) is 0.0981. The number of non-ortho nitro benzene ring substituents is 1. The Morgan fingerprint density at radius 2 is 1.10 bits per heavy atom. The number of halogens is 6. The zero-order valence-corrected chi connectivity index (χ0v) is 30.6. The number of hydrazone groups is 2. The van der Waals surface area contributed by atoms with Crippen LogP contribution in [0.1, 0.15) is 12.5 Å². The van der Waals surface area contributed by atoms with Gasteiger partial charge in [0.2, 0.25) is 12.2 Å². The van der Waals surface area contributed by atoms with Crippen LogP contribution in [-0.2, 0) is 14.4 Å². The molecule has 2 unspecified atom stereocenters. The third-order valence-electron chi connectivity index (χ3n) is 7.07. The summed E-state index contributed by atoms with van der Waals surface area (Å²) in [5, 5.41) is 22.1. The number of aryl methyl sites for hydroxylation is 1. The van der Waals surface area contributed by atoms with E-state index in [1.165, 1.54) is 48.5 Å². The molecule has 0 fully saturated rings. The lowest BCUT2D eigenvalue weighted by Crippen LogP contribution is -2.37. The molecule has 2 heterocycles. The van der Waals surface area contributed by atoms with E-state index in [0.29, 0.717) is 33.5 Å². The van der Waals surface area contributed by atoms with Crippen LogP contribution in [0, 0.1) is 17.0 Å². The van der Waals surface area contributed by atoms with Crippen molar-refractivity contribution in [3.63, 3.8) is 0 Å². The number of aldehydes is 1. The van der Waals surface area contributed by atoms with Crippen molar-refractivity contribution in [3.05, 3.63) is 119 Å². The monoisotopic (exact) mass is 809 g/mol. The summed E-state index contributed by atoms with van der Waals surface area (Å²) in [5.74, 6) is -0.340. The van der Waals surface area contributed by atoms with Gasteiger partial charge < -0.3 is 9.47 Å². The average Bonchev–Trinajstić information content (AvgIpc) is 3.51. The highest BCUT2D eigenvalue weighted by atomic mass is 35.5. The highest BCUT2D eigenvalue weighted by Gasteiger charge is 2.41. The molecule has 4 aromatic carbocycles. The van der Waals surface area contributed by atoms with Gasteiger partial charge in [-0.2, -0.15) is 20.2 Å². The topological polar surface area (TPSA) is 144 Å². The molecule has 2 aliphatic rings. The summed E-state index contributed by atoms with van der Waals surface area (Å²) in [6.07, 6.45) is -1.71. The van der Waals surface area contributed by atoms with Crippen LogP contribution in [0.2, 0.25) is 30.1 Å². The molecule has 18 heteroatoms. The van der Waals surface area contributed by atoms with Crippen molar-refractivity contribution in [3.8, 4) is 11.5 Å². The van der Waals surface area contributed by atoms with E-state index in [2.05, 4.69) is 10.2 Å². The van der Waals surface area contributed by atoms with Gasteiger partial charge in [0.1, 0.15) is 22.9 Å². The molecule has 6 rings (SSSR count). The minimum absolute atomic E-state index is 0.0762. The van der Waals surface area contributed by atoms with Gasteiger partial charge in [-0.1, -0.05) is 87.3 Å². The van der Waals surface area contributed by atoms with Gasteiger partial charge in [0.25, 0.3) is 17.5 Å². The van der Waals surface area contributed by atoms with Crippen LogP contribution in [0.5, 0.6) is 11.5 Å². The number of ether oxygens (including phenoxy) is 2. The SMILES string of the molecule is CC1=NN(c2c(Cl)cc(Cl)cc2Cl)C(=O)C1Oc1ccc([N+](=O)[O-])cc1.Cc1ccc(OC2C(=O)N(c3c(Cl)cc(Cl)cc3Cl)N=C2C=O)cc1. The summed E-state index contributed by atoms with van der Waals surface area (Å²) < 4.78 is 11.3. The number of amides is 2. The van der Waals surface area contributed by atoms with Crippen LogP contribution in [0.4, 0.5) is 17.1 Å². The normalized spacial score (nSPS) is 16.7. The third kappa shape index (κ3) is 8.39. The molecule has 51 heavy (non-hydrogen) atoms. The van der Waals surface area contributed by atoms with Crippen LogP contribution in [0.25, 0.3) is 0 Å². The molecule has 0 aliphatic carbocycles. The van der Waals surface area contributed by atoms with Crippen LogP contribution in [0.3, 0.4) is 0 Å². The van der Waals surface area contributed by atoms with E-state index in [1.807, 2.05) is 19.1 Å². The molecule has 0 spiro atoms. The summed E-state index contributed by atoms with van der Waals surface area (Å²) in [4.78, 5) is 46.9. The minimum atomic E-state index is -1.18. The van der Waals surface area contributed by atoms with Crippen molar-refractivity contribution >= 4 is 116 Å². The standard InChI is InChI=1S/C17H11Cl3N2O3.C16H10Cl3N3O4/c1-9-2-4-11(5-3-9)25-16-14(8-23)21-22(17(16)24)15-12(19)6-10(18)7-13(15)20;1-8-15(26-11-4-2-10(3-5-11)22(24)25)16(23)21(20-8)14-12(18)6-9(17)7-13(14)19/h2-8,16H,1H3;2-7,15H,1H3. The van der Waals surface area contributed by atoms with Gasteiger partial charge in [0.05, 0.1) is 30.7 Å². The number of benzene rings is 4. The Kier molecular flexibility index (Phi) is 11.8. The number of nitro groups is 1. The lowest BCUT2D eigenvalue weighted by atomic mass is 10.2. The molecule has 12 nitrogen and oxygen atoms in total. The predicted octanol–water partition coefficient (Wildman–Crippen LogP) is 9.03. The average molecular weight is 812 g/mol. The van der Waals surface area contributed by atoms with Crippen molar-refractivity contribution in [1.29, 1.82) is 0 Å². The lowest BCUT2D eigenvalue weighted by molar-refractivity contribution is -0.384. The highest BCUT2D eigenvalue weighted by Crippen LogP contribution is 2.40. The van der Waals surface area contributed by atoms with Crippen molar-refractivity contribution in [2.45, 2.75) is 26.1 Å². The number of rotatable bonds is 8. The Morgan fingerprint density at radius 3 is 1.55 bits per heavy atom. The van der Waals surface area contributed by atoms with Gasteiger partial charge >= 0.3 is 0 Å². The summed E-state index contributed by atoms with van der Waals surface area (Å²) in [6.45, 7) is 3.54. The Hall–Kier alpha value is -4.43. The number of nitro benzene ring substituents is 1. The Labute approximate surface area is 319 Å². The second-order valence-electron chi connectivity index (χ2n) is 10.7. The first-order valence-corrected chi connectivity index (χ1v) is 16.7. The largest absolute Gasteiger partial charge is 0.474 e. The molecule has 2 aliphatic heterocycles. The lowest BCUT2D eigenvalue weighted by Gasteiger charge is -2.18. The molecule has 0 radical (unpaired) electrons. The van der Waals surface area contributed by atoms with Gasteiger partial charge in [-0.25, -0.2) is 0 Å². The summed E-state index contributed by atoms with van der Waals surface area (Å²) in [5.41, 5.74) is 1.62. The van der Waals surface area contributed by atoms with E-state index in [9.17, 15) is 24.5 Å². The summed E-state index contributed by atoms with van der Waals surface area (Å²) in [6, 6.07) is 18.2. The zero-order valence-electron chi connectivity index (χ0n) is 26.0. The molecule has 2 atom stereocenters. The number of carbonyl (C=O) groups excluding carboxylic acids is 3. The molecule has 0 bridgehead atoms. The van der Waals surface area contributed by atoms with Crippen molar-refractivity contribution in [2.75, 3.05) is 10.0 Å². The maximum absolute atomic E-state index is 12.7. The van der Waals surface area contributed by atoms with Crippen LogP contribution < -0.4 is 19.5 Å². The fourth-order valence-corrected chi connectivity index (χ4v) is 6.62. The second kappa shape index (κ2) is 15.9. The molecule has 0 saturated carbocycles. The third-order valence-corrected chi connectivity index (χ3v) is 8.66. The molecular weight excluding hydrogens is 791 g/mol. The van der Waals surface area contributed by atoms with Crippen LogP contribution >= 0.6 is 69.6 Å². The van der Waals surface area contributed by atoms with Gasteiger partial charge in [0.15, 0.2) is 12.0 Å². The van der Waals surface area contributed by atoms with Gasteiger partial charge in [-0.05, 0) is 62.4 Å². The van der Waals surface area contributed by atoms with E-state index in [-0.39, 0.29) is 42.9 Å². The number of anilines is 2. The molecule has 0 saturated heterocycles. The Bertz CT molecular complexity index is 2070. The van der Waals surface area contributed by atoms with Crippen molar-refractivity contribution in [1.82, 2.24) is 0 Å². The Morgan fingerprint density at radius 1 is 0.686 bits per heavy atom. The molecule has 262 valence electrons. The maximum Gasteiger partial charge on any atom is 0.295 e. The molecule has 0 aromatic heterocycles. The number of nitrogens with zero attached hydrogens (tertiary/aromatic N) is 5. The number of hydrogen-bond acceptors (Lipinski definition) is 9. The number of carbonyl (C=O) groups is 3.